The van der Waals surface area contributed by atoms with Gasteiger partial charge in [0.1, 0.15) is 5.75 Å². The Hall–Kier alpha value is -3.22. The maximum atomic E-state index is 12.3. The van der Waals surface area contributed by atoms with E-state index in [1.165, 1.54) is 5.56 Å². The normalized spacial score (nSPS) is 14.4. The predicted molar refractivity (Wildman–Crippen MR) is 217 cm³/mol. The number of carbonyl (C=O) groups is 1. The smallest absolute Gasteiger partial charge is 0.389 e. The molecule has 0 aliphatic carbocycles. The Labute approximate surface area is 343 Å². The number of rotatable bonds is 10. The van der Waals surface area contributed by atoms with Crippen molar-refractivity contribution >= 4 is 27.3 Å². The fourth-order valence-corrected chi connectivity index (χ4v) is 7.24. The molecule has 1 N–H and O–H groups in total. The molecule has 1 aliphatic heterocycles. The van der Waals surface area contributed by atoms with Crippen molar-refractivity contribution in [3.05, 3.63) is 77.1 Å². The van der Waals surface area contributed by atoms with Crippen molar-refractivity contribution < 1.29 is 50.7 Å². The molecule has 0 fully saturated rings. The first-order chi connectivity index (χ1) is 25.7. The van der Waals surface area contributed by atoms with Crippen molar-refractivity contribution in [3.63, 3.8) is 0 Å². The average Bonchev–Trinajstić information content (AvgIpc) is 3.04. The van der Waals surface area contributed by atoms with Gasteiger partial charge in [-0.15, -0.1) is 17.5 Å². The SMILES string of the molecule is CCC(CC)C(=O)/C=C(\O)C(CC)CC(F)(F)F.[2H]c1nc2c3c(cc(CC(C)(C)C)cc3c1[2H])Oc1c-2[c-]c2cc(CC(C)(C)C)ccc2c1CC(C)(C)C.[Ir]. The summed E-state index contributed by atoms with van der Waals surface area (Å²) in [5.41, 5.74) is 5.37. The summed E-state index contributed by atoms with van der Waals surface area (Å²) in [4.78, 5) is 16.4. The number of hydrogen-bond donors (Lipinski definition) is 1. The molecule has 1 aromatic heterocycles. The average molecular weight is 939 g/mol. The zero-order valence-electron chi connectivity index (χ0n) is 36.7. The van der Waals surface area contributed by atoms with Crippen LogP contribution in [0.1, 0.15) is 128 Å². The van der Waals surface area contributed by atoms with Crippen LogP contribution >= 0.6 is 0 Å². The molecule has 0 amide bonds. The van der Waals surface area contributed by atoms with Crippen LogP contribution < -0.4 is 4.74 Å². The Morgan fingerprint density at radius 2 is 1.45 bits per heavy atom. The van der Waals surface area contributed by atoms with Crippen LogP contribution in [-0.4, -0.2) is 22.1 Å². The van der Waals surface area contributed by atoms with Crippen LogP contribution in [0, 0.1) is 34.1 Å². The third-order valence-electron chi connectivity index (χ3n) is 9.62. The second-order valence-electron chi connectivity index (χ2n) is 18.6. The number of alkyl halides is 3. The Kier molecular flexibility index (Phi) is 14.0. The van der Waals surface area contributed by atoms with Gasteiger partial charge < -0.3 is 9.84 Å². The minimum absolute atomic E-state index is 0. The molecular weight excluding hydrogens is 876 g/mol. The summed E-state index contributed by atoms with van der Waals surface area (Å²) in [5.74, 6) is -0.469. The van der Waals surface area contributed by atoms with Crippen molar-refractivity contribution in [3.8, 4) is 22.8 Å². The van der Waals surface area contributed by atoms with Crippen LogP contribution in [0.3, 0.4) is 0 Å². The minimum atomic E-state index is -4.33. The number of carbonyl (C=O) groups excluding carboxylic acids is 1. The van der Waals surface area contributed by atoms with Crippen molar-refractivity contribution in [2.24, 2.45) is 28.1 Å². The molecule has 303 valence electrons. The van der Waals surface area contributed by atoms with Crippen LogP contribution in [0.25, 0.3) is 32.8 Å². The number of allylic oxidation sites excluding steroid dienone is 2. The van der Waals surface area contributed by atoms with Gasteiger partial charge in [-0.2, -0.15) is 13.2 Å². The minimum Gasteiger partial charge on any atom is -0.512 e. The maximum Gasteiger partial charge on any atom is 0.389 e. The molecule has 4 nitrogen and oxygen atoms in total. The van der Waals surface area contributed by atoms with Crippen LogP contribution in [-0.2, 0) is 44.2 Å². The van der Waals surface area contributed by atoms with Crippen molar-refractivity contribution in [1.29, 1.82) is 0 Å². The number of pyridine rings is 1. The van der Waals surface area contributed by atoms with E-state index in [9.17, 15) is 23.1 Å². The standard InChI is InChI=1S/C34H40NO.C13H21F3O2.Ir/c1-32(2,3)18-21-10-11-25-24(14-21)17-26-30-29-23(12-13-35-30)15-22(19-33(4,5)6)16-28(29)36-31(26)27(25)20-34(7,8)9;1-4-9(5-2)11(17)7-12(18)10(6-3)8-13(14,15)16;/h10-16H,18-20H2,1-9H3;7,9-10,18H,4-6,8H2,1-3H3;/q-1;;/b;12-7-;/i12D,13D;;. The van der Waals surface area contributed by atoms with Gasteiger partial charge in [-0.3, -0.25) is 9.78 Å². The first-order valence-electron chi connectivity index (χ1n) is 20.4. The second kappa shape index (κ2) is 17.9. The van der Waals surface area contributed by atoms with Gasteiger partial charge in [0, 0.05) is 55.3 Å². The molecule has 1 atom stereocenters. The predicted octanol–water partition coefficient (Wildman–Crippen LogP) is 14.1. The molecular formula is C47H61F3IrNO3-. The first kappa shape index (κ1) is 42.9. The molecule has 8 heteroatoms. The number of aliphatic hydroxyl groups excluding tert-OH is 1. The molecule has 0 saturated carbocycles. The second-order valence-corrected chi connectivity index (χ2v) is 18.6. The maximum absolute atomic E-state index is 12.3. The van der Waals surface area contributed by atoms with Gasteiger partial charge in [0.05, 0.1) is 20.7 Å². The molecule has 1 radical (unpaired) electrons. The number of ether oxygens (including phenoxy) is 1. The molecule has 5 rings (SSSR count). The van der Waals surface area contributed by atoms with Crippen LogP contribution in [0.4, 0.5) is 13.2 Å². The summed E-state index contributed by atoms with van der Waals surface area (Å²) >= 11 is 0. The molecule has 0 bridgehead atoms. The largest absolute Gasteiger partial charge is 0.512 e. The summed E-state index contributed by atoms with van der Waals surface area (Å²) in [7, 11) is 0. The van der Waals surface area contributed by atoms with Gasteiger partial charge in [0.2, 0.25) is 0 Å². The van der Waals surface area contributed by atoms with Crippen LogP contribution in [0.2, 0.25) is 0 Å². The number of nitrogens with zero attached hydrogens (tertiary/aromatic N) is 1. The molecule has 1 unspecified atom stereocenters. The number of halogens is 3. The zero-order valence-corrected chi connectivity index (χ0v) is 37.1. The van der Waals surface area contributed by atoms with Crippen molar-refractivity contribution in [1.82, 2.24) is 4.98 Å². The topological polar surface area (TPSA) is 59.4 Å². The van der Waals surface area contributed by atoms with Crippen molar-refractivity contribution in [2.45, 2.75) is 134 Å². The third kappa shape index (κ3) is 12.6. The van der Waals surface area contributed by atoms with Gasteiger partial charge in [0.15, 0.2) is 5.78 Å². The van der Waals surface area contributed by atoms with E-state index in [4.69, 9.17) is 7.48 Å². The number of hydrogen-bond acceptors (Lipinski definition) is 4. The Balaban J connectivity index is 0.000000390. The first-order valence-corrected chi connectivity index (χ1v) is 19.4. The van der Waals surface area contributed by atoms with Crippen LogP contribution in [0.5, 0.6) is 11.5 Å². The van der Waals surface area contributed by atoms with Crippen molar-refractivity contribution in [2.75, 3.05) is 0 Å². The molecule has 0 saturated heterocycles. The number of benzene rings is 3. The van der Waals surface area contributed by atoms with E-state index in [0.717, 1.165) is 75.1 Å². The summed E-state index contributed by atoms with van der Waals surface area (Å²) in [6.07, 6.45) is -0.408. The third-order valence-corrected chi connectivity index (χ3v) is 9.62. The molecule has 4 aromatic rings. The monoisotopic (exact) mass is 939 g/mol. The van der Waals surface area contributed by atoms with Gasteiger partial charge in [-0.1, -0.05) is 123 Å². The Morgan fingerprint density at radius 3 is 2.00 bits per heavy atom. The van der Waals surface area contributed by atoms with Crippen LogP contribution in [0.15, 0.2) is 54.4 Å². The van der Waals surface area contributed by atoms with E-state index in [1.807, 2.05) is 13.8 Å². The number of aromatic nitrogens is 1. The van der Waals surface area contributed by atoms with Gasteiger partial charge in [-0.05, 0) is 77.8 Å². The molecule has 2 heterocycles. The summed E-state index contributed by atoms with van der Waals surface area (Å²) in [6, 6.07) is 14.7. The summed E-state index contributed by atoms with van der Waals surface area (Å²) in [5, 5.41) is 13.4. The van der Waals surface area contributed by atoms with E-state index in [2.05, 4.69) is 104 Å². The number of ketones is 1. The fraction of sp³-hybridized carbons (Fsp3) is 0.532. The zero-order chi connectivity index (χ0) is 42.1. The number of fused-ring (bicyclic) bond motifs is 3. The molecule has 55 heavy (non-hydrogen) atoms. The van der Waals surface area contributed by atoms with Gasteiger partial charge in [0.25, 0.3) is 0 Å². The fourth-order valence-electron chi connectivity index (χ4n) is 7.24. The Morgan fingerprint density at radius 1 is 0.873 bits per heavy atom. The van der Waals surface area contributed by atoms with Gasteiger partial charge >= 0.3 is 6.18 Å². The quantitative estimate of drug-likeness (QED) is 0.0861. The van der Waals surface area contributed by atoms with E-state index in [-0.39, 0.29) is 66.7 Å². The molecule has 0 spiro atoms. The Bertz CT molecular complexity index is 2100. The number of aliphatic hydroxyl groups is 1. The van der Waals surface area contributed by atoms with E-state index >= 15 is 0 Å². The molecule has 3 aromatic carbocycles. The van der Waals surface area contributed by atoms with E-state index < -0.39 is 24.3 Å². The van der Waals surface area contributed by atoms with E-state index in [0.29, 0.717) is 18.5 Å². The van der Waals surface area contributed by atoms with E-state index in [1.54, 1.807) is 6.92 Å². The summed E-state index contributed by atoms with van der Waals surface area (Å²) < 4.78 is 60.8. The van der Waals surface area contributed by atoms with Gasteiger partial charge in [-0.25, -0.2) is 0 Å². The molecule has 1 aliphatic rings. The summed E-state index contributed by atoms with van der Waals surface area (Å²) in [6.45, 7) is 25.4.